The van der Waals surface area contributed by atoms with E-state index in [1.165, 1.54) is 40.3 Å². The number of fused-ring (bicyclic) bond motifs is 12. The molecule has 22 rings (SSSR count). The van der Waals surface area contributed by atoms with Crippen molar-refractivity contribution in [2.45, 2.75) is 0 Å². The van der Waals surface area contributed by atoms with Gasteiger partial charge in [0.2, 0.25) is 0 Å². The van der Waals surface area contributed by atoms with Gasteiger partial charge in [0, 0.05) is 118 Å². The van der Waals surface area contributed by atoms with Gasteiger partial charge in [0.15, 0.2) is 34.9 Å². The van der Waals surface area contributed by atoms with Crippen LogP contribution in [0.25, 0.3) is 209 Å². The van der Waals surface area contributed by atoms with Crippen molar-refractivity contribution in [1.29, 1.82) is 0 Å². The van der Waals surface area contributed by atoms with Crippen LogP contribution in [0.5, 0.6) is 0 Å². The molecular weight excluding hydrogens is 1410 g/mol. The second kappa shape index (κ2) is 27.9. The summed E-state index contributed by atoms with van der Waals surface area (Å²) in [5, 5.41) is 20.5. The number of benzene rings is 14. The van der Waals surface area contributed by atoms with Gasteiger partial charge in [-0.3, -0.25) is 0 Å². The van der Waals surface area contributed by atoms with E-state index in [0.29, 0.717) is 34.9 Å². The predicted octanol–water partition coefficient (Wildman–Crippen LogP) is 26.1. The van der Waals surface area contributed by atoms with E-state index in [1.54, 1.807) is 22.7 Å². The number of hydrogen-bond acceptors (Lipinski definition) is 10. The van der Waals surface area contributed by atoms with Crippen LogP contribution < -0.4 is 0 Å². The van der Waals surface area contributed by atoms with Crippen molar-refractivity contribution < 1.29 is 0 Å². The normalized spacial score (nSPS) is 11.6. The van der Waals surface area contributed by atoms with E-state index < -0.39 is 0 Å². The Morgan fingerprint density at radius 2 is 0.491 bits per heavy atom. The lowest BCUT2D eigenvalue weighted by Gasteiger charge is -2.11. The van der Waals surface area contributed by atoms with Crippen molar-refractivity contribution in [3.05, 3.63) is 376 Å². The van der Waals surface area contributed by atoms with Gasteiger partial charge in [-0.2, -0.15) is 10.2 Å². The molecule has 524 valence electrons. The van der Waals surface area contributed by atoms with Crippen LogP contribution in [-0.4, -0.2) is 49.1 Å². The zero-order valence-electron chi connectivity index (χ0n) is 60.1. The Balaban J connectivity index is 0.000000141. The first-order valence-electron chi connectivity index (χ1n) is 37.3. The minimum atomic E-state index is 0.603. The second-order valence-electron chi connectivity index (χ2n) is 27.8. The third-order valence-corrected chi connectivity index (χ3v) is 23.2. The van der Waals surface area contributed by atoms with Crippen molar-refractivity contribution in [2.24, 2.45) is 0 Å². The van der Waals surface area contributed by atoms with E-state index in [9.17, 15) is 0 Å². The standard InChI is InChI=1S/2C50H31N5S/c1-4-15-32(16-5-1)42-31-35-21-10-11-24-39(35)47-45(33-17-6-2-7-18-33)46(54-55(42)47)36-22-14-23-37(29-36)49-51-48(34-19-8-3-9-20-34)52-50(53-49)38-27-28-44-41(30-38)40-25-12-13-26-43(40)56-44;1-4-15-32(16-5-1)42-30-35-21-10-11-24-39(35)47-45(33-17-6-2-7-18-33)46(54-55(42)47)36-22-14-23-37(29-36)49-51-48(34-19-8-3-9-20-34)52-50(53-49)38-27-28-41-40-25-12-13-26-43(40)56-44(41)31-38/h2*1-31H. The second-order valence-corrected chi connectivity index (χ2v) is 30.0. The molecule has 0 saturated carbocycles. The average molecular weight is 1470 g/mol. The summed E-state index contributed by atoms with van der Waals surface area (Å²) in [6.45, 7) is 0. The van der Waals surface area contributed by atoms with Gasteiger partial charge in [-0.05, 0) is 82.6 Å². The van der Waals surface area contributed by atoms with E-state index in [1.807, 2.05) is 60.7 Å². The first-order valence-corrected chi connectivity index (χ1v) is 38.9. The van der Waals surface area contributed by atoms with E-state index >= 15 is 0 Å². The lowest BCUT2D eigenvalue weighted by atomic mass is 9.96. The van der Waals surface area contributed by atoms with E-state index in [0.717, 1.165) is 133 Å². The highest BCUT2D eigenvalue weighted by molar-refractivity contribution is 7.26. The summed E-state index contributed by atoms with van der Waals surface area (Å²) in [7, 11) is 0. The molecule has 0 spiro atoms. The largest absolute Gasteiger partial charge is 0.231 e. The maximum atomic E-state index is 5.46. The fraction of sp³-hybridized carbons (Fsp3) is 0. The highest BCUT2D eigenvalue weighted by Crippen LogP contribution is 2.46. The van der Waals surface area contributed by atoms with Gasteiger partial charge in [0.05, 0.1) is 22.4 Å². The van der Waals surface area contributed by atoms with Gasteiger partial charge in [-0.1, -0.05) is 315 Å². The summed E-state index contributed by atoms with van der Waals surface area (Å²) in [6.07, 6.45) is 0. The van der Waals surface area contributed by atoms with Gasteiger partial charge in [-0.15, -0.1) is 22.7 Å². The summed E-state index contributed by atoms with van der Waals surface area (Å²) in [5.74, 6) is 3.73. The first kappa shape index (κ1) is 65.7. The van der Waals surface area contributed by atoms with Gasteiger partial charge in [0.1, 0.15) is 11.4 Å². The van der Waals surface area contributed by atoms with Gasteiger partial charge in [-0.25, -0.2) is 38.9 Å². The lowest BCUT2D eigenvalue weighted by molar-refractivity contribution is 0.979. The van der Waals surface area contributed by atoms with E-state index in [-0.39, 0.29) is 0 Å². The third-order valence-electron chi connectivity index (χ3n) is 20.9. The number of pyridine rings is 2. The van der Waals surface area contributed by atoms with Crippen molar-refractivity contribution >= 4 is 95.6 Å². The molecule has 10 nitrogen and oxygen atoms in total. The Morgan fingerprint density at radius 3 is 0.938 bits per heavy atom. The highest BCUT2D eigenvalue weighted by atomic mass is 32.1. The van der Waals surface area contributed by atoms with Gasteiger partial charge in [0.25, 0.3) is 0 Å². The molecule has 22 aromatic rings. The summed E-state index contributed by atoms with van der Waals surface area (Å²) in [5.41, 5.74) is 20.0. The minimum absolute atomic E-state index is 0.603. The maximum Gasteiger partial charge on any atom is 0.164 e. The van der Waals surface area contributed by atoms with Crippen LogP contribution in [-0.2, 0) is 0 Å². The zero-order valence-corrected chi connectivity index (χ0v) is 61.7. The fourth-order valence-corrected chi connectivity index (χ4v) is 17.8. The van der Waals surface area contributed by atoms with Crippen LogP contribution >= 0.6 is 22.7 Å². The summed E-state index contributed by atoms with van der Waals surface area (Å²) in [4.78, 5) is 30.7. The first-order chi connectivity index (χ1) is 55.5. The van der Waals surface area contributed by atoms with Crippen LogP contribution in [0.3, 0.4) is 0 Å². The molecule has 8 heterocycles. The van der Waals surface area contributed by atoms with Gasteiger partial charge < -0.3 is 0 Å². The molecule has 0 aliphatic rings. The van der Waals surface area contributed by atoms with Crippen LogP contribution in [0.15, 0.2) is 376 Å². The number of aromatic nitrogens is 10. The lowest BCUT2D eigenvalue weighted by Crippen LogP contribution is -2.00. The molecular formula is C100H62N10S2. The fourth-order valence-electron chi connectivity index (χ4n) is 15.6. The summed E-state index contributed by atoms with van der Waals surface area (Å²) >= 11 is 3.60. The Bertz CT molecular complexity index is 7360. The SMILES string of the molecule is c1ccc(-c2nc(-c3cccc(-c4nn5c(-c6ccccc6)cc6ccccc6c5c4-c4ccccc4)c3)nc(-c3ccc4c(c3)sc3ccccc34)n2)cc1.c1ccc(-c2nc(-c3cccc(-c4nn5c(-c6ccccc6)cc6ccccc6c5c4-c4ccccc4)c3)nc(-c3ccc4sc5ccccc5c4c3)n2)cc1. The predicted molar refractivity (Wildman–Crippen MR) is 463 cm³/mol. The highest BCUT2D eigenvalue weighted by Gasteiger charge is 2.26. The molecule has 0 saturated heterocycles. The van der Waals surface area contributed by atoms with Crippen LogP contribution in [0.1, 0.15) is 0 Å². The average Bonchev–Trinajstić information content (AvgIpc) is 1.55. The molecule has 14 aromatic carbocycles. The Morgan fingerprint density at radius 1 is 0.188 bits per heavy atom. The number of hydrogen-bond donors (Lipinski definition) is 0. The van der Waals surface area contributed by atoms with Crippen LogP contribution in [0.4, 0.5) is 0 Å². The Hall–Kier alpha value is -14.6. The topological polar surface area (TPSA) is 112 Å². The molecule has 0 aliphatic carbocycles. The minimum Gasteiger partial charge on any atom is -0.231 e. The van der Waals surface area contributed by atoms with E-state index in [2.05, 4.69) is 324 Å². The molecule has 0 fully saturated rings. The molecule has 0 aliphatic heterocycles. The van der Waals surface area contributed by atoms with Crippen molar-refractivity contribution in [3.63, 3.8) is 0 Å². The number of thiophene rings is 2. The summed E-state index contributed by atoms with van der Waals surface area (Å²) in [6, 6.07) is 131. The Labute approximate surface area is 651 Å². The molecule has 0 amide bonds. The summed E-state index contributed by atoms with van der Waals surface area (Å²) < 4.78 is 9.23. The van der Waals surface area contributed by atoms with Crippen molar-refractivity contribution in [3.8, 4) is 136 Å². The quantitative estimate of drug-likeness (QED) is 0.119. The molecule has 0 atom stereocenters. The Kier molecular flexibility index (Phi) is 16.4. The van der Waals surface area contributed by atoms with Crippen LogP contribution in [0, 0.1) is 0 Å². The molecule has 8 aromatic heterocycles. The van der Waals surface area contributed by atoms with Crippen LogP contribution in [0.2, 0.25) is 0 Å². The molecule has 0 unspecified atom stereocenters. The van der Waals surface area contributed by atoms with Gasteiger partial charge >= 0.3 is 0 Å². The number of rotatable bonds is 12. The molecule has 12 heteroatoms. The maximum absolute atomic E-state index is 5.46. The third kappa shape index (κ3) is 11.9. The molecule has 112 heavy (non-hydrogen) atoms. The zero-order chi connectivity index (χ0) is 74.0. The van der Waals surface area contributed by atoms with Crippen molar-refractivity contribution in [2.75, 3.05) is 0 Å². The molecule has 0 N–H and O–H groups in total. The van der Waals surface area contributed by atoms with Crippen molar-refractivity contribution in [1.82, 2.24) is 49.1 Å². The molecule has 0 radical (unpaired) electrons. The van der Waals surface area contributed by atoms with E-state index in [4.69, 9.17) is 40.1 Å². The smallest absolute Gasteiger partial charge is 0.164 e. The monoisotopic (exact) mass is 1470 g/mol. The molecule has 0 bridgehead atoms. The number of nitrogens with zero attached hydrogens (tertiary/aromatic N) is 10.